The summed E-state index contributed by atoms with van der Waals surface area (Å²) in [6.45, 7) is 12.0. The first-order valence-electron chi connectivity index (χ1n) is 5.67. The van der Waals surface area contributed by atoms with Gasteiger partial charge in [-0.2, -0.15) is 0 Å². The van der Waals surface area contributed by atoms with Gasteiger partial charge in [-0.3, -0.25) is 0 Å². The first-order valence-corrected chi connectivity index (χ1v) is 6.47. The molecule has 1 heterocycles. The Morgan fingerprint density at radius 1 is 1.19 bits per heavy atom. The molecule has 1 aromatic rings. The maximum Gasteiger partial charge on any atom is 0.169 e. The van der Waals surface area contributed by atoms with Gasteiger partial charge in [0, 0.05) is 5.54 Å². The van der Waals surface area contributed by atoms with Crippen molar-refractivity contribution in [3.8, 4) is 0 Å². The Balaban J connectivity index is 2.47. The minimum absolute atomic E-state index is 0.123. The van der Waals surface area contributed by atoms with E-state index in [4.69, 9.17) is 4.42 Å². The van der Waals surface area contributed by atoms with Crippen molar-refractivity contribution in [1.29, 1.82) is 0 Å². The summed E-state index contributed by atoms with van der Waals surface area (Å²) < 4.78 is 6.25. The molecular weight excluding hydrogens is 266 g/mol. The number of nitrogens with one attached hydrogen (secondary N) is 1. The Kier molecular flexibility index (Phi) is 4.24. The maximum absolute atomic E-state index is 5.46. The summed E-state index contributed by atoms with van der Waals surface area (Å²) in [7, 11) is 0. The Labute approximate surface area is 107 Å². The topological polar surface area (TPSA) is 25.2 Å². The van der Waals surface area contributed by atoms with E-state index in [1.54, 1.807) is 0 Å². The quantitative estimate of drug-likeness (QED) is 0.891. The van der Waals surface area contributed by atoms with Crippen LogP contribution in [0.5, 0.6) is 0 Å². The molecule has 0 fully saturated rings. The summed E-state index contributed by atoms with van der Waals surface area (Å²) in [6.07, 6.45) is 1.13. The normalized spacial score (nSPS) is 13.1. The Hall–Kier alpha value is -0.280. The van der Waals surface area contributed by atoms with Crippen LogP contribution in [0.2, 0.25) is 0 Å². The van der Waals surface area contributed by atoms with E-state index in [1.165, 1.54) is 0 Å². The van der Waals surface area contributed by atoms with Crippen LogP contribution in [0.4, 0.5) is 0 Å². The van der Waals surface area contributed by atoms with Crippen molar-refractivity contribution in [3.05, 3.63) is 22.6 Å². The Morgan fingerprint density at radius 3 is 2.25 bits per heavy atom. The van der Waals surface area contributed by atoms with Crippen LogP contribution in [0.3, 0.4) is 0 Å². The van der Waals surface area contributed by atoms with E-state index < -0.39 is 0 Å². The minimum Gasteiger partial charge on any atom is -0.453 e. The maximum atomic E-state index is 5.46. The number of hydrogen-bond acceptors (Lipinski definition) is 2. The number of hydrogen-bond donors (Lipinski definition) is 1. The van der Waals surface area contributed by atoms with Crippen LogP contribution in [-0.4, -0.2) is 5.54 Å². The summed E-state index contributed by atoms with van der Waals surface area (Å²) in [5, 5.41) is 3.53. The van der Waals surface area contributed by atoms with Crippen LogP contribution in [0.1, 0.15) is 46.8 Å². The third-order valence-electron chi connectivity index (χ3n) is 2.34. The smallest absolute Gasteiger partial charge is 0.169 e. The van der Waals surface area contributed by atoms with Crippen molar-refractivity contribution in [2.75, 3.05) is 0 Å². The summed E-state index contributed by atoms with van der Waals surface area (Å²) in [5.74, 6) is 0.967. The van der Waals surface area contributed by atoms with Crippen LogP contribution in [0.25, 0.3) is 0 Å². The van der Waals surface area contributed by atoms with Crippen molar-refractivity contribution in [3.63, 3.8) is 0 Å². The summed E-state index contributed by atoms with van der Waals surface area (Å²) in [4.78, 5) is 0. The van der Waals surface area contributed by atoms with Gasteiger partial charge in [0.05, 0.1) is 6.54 Å². The van der Waals surface area contributed by atoms with E-state index in [9.17, 15) is 0 Å². The second kappa shape index (κ2) is 4.92. The minimum atomic E-state index is 0.123. The molecule has 0 aliphatic rings. The van der Waals surface area contributed by atoms with Crippen molar-refractivity contribution >= 4 is 15.9 Å². The second-order valence-corrected chi connectivity index (χ2v) is 6.96. The molecule has 0 atom stereocenters. The molecule has 0 aliphatic heterocycles. The van der Waals surface area contributed by atoms with Gasteiger partial charge in [0.2, 0.25) is 0 Å². The van der Waals surface area contributed by atoms with Crippen LogP contribution >= 0.6 is 15.9 Å². The Bertz CT molecular complexity index is 336. The van der Waals surface area contributed by atoms with E-state index in [0.717, 1.165) is 23.4 Å². The predicted octanol–water partition coefficient (Wildman–Crippen LogP) is 4.35. The van der Waals surface area contributed by atoms with E-state index in [-0.39, 0.29) is 5.54 Å². The molecule has 0 aliphatic carbocycles. The van der Waals surface area contributed by atoms with Crippen LogP contribution in [0, 0.1) is 5.41 Å². The lowest BCUT2D eigenvalue weighted by atomic mass is 9.82. The first-order chi connectivity index (χ1) is 7.18. The Morgan fingerprint density at radius 2 is 1.81 bits per heavy atom. The zero-order valence-electron chi connectivity index (χ0n) is 10.9. The van der Waals surface area contributed by atoms with Crippen molar-refractivity contribution in [2.24, 2.45) is 5.41 Å². The second-order valence-electron chi connectivity index (χ2n) is 6.18. The fourth-order valence-corrected chi connectivity index (χ4v) is 2.50. The summed E-state index contributed by atoms with van der Waals surface area (Å²) in [5.41, 5.74) is 0.456. The third-order valence-corrected chi connectivity index (χ3v) is 2.77. The molecule has 16 heavy (non-hydrogen) atoms. The molecule has 1 N–H and O–H groups in total. The molecule has 0 amide bonds. The zero-order valence-corrected chi connectivity index (χ0v) is 12.4. The average Bonchev–Trinajstić information content (AvgIpc) is 2.44. The third kappa shape index (κ3) is 5.17. The van der Waals surface area contributed by atoms with Crippen LogP contribution in [0.15, 0.2) is 21.2 Å². The standard InChI is InChI=1S/C13H22BrNO/c1-12(2,3)9-13(4,5)15-8-10-6-7-11(14)16-10/h6-7,15H,8-9H2,1-5H3. The number of furan rings is 1. The highest BCUT2D eigenvalue weighted by Gasteiger charge is 2.24. The lowest BCUT2D eigenvalue weighted by molar-refractivity contribution is 0.235. The van der Waals surface area contributed by atoms with E-state index in [0.29, 0.717) is 5.41 Å². The molecule has 0 spiro atoms. The molecule has 92 valence electrons. The molecule has 0 saturated heterocycles. The highest BCUT2D eigenvalue weighted by atomic mass is 79.9. The van der Waals surface area contributed by atoms with E-state index in [2.05, 4.69) is 55.9 Å². The summed E-state index contributed by atoms with van der Waals surface area (Å²) in [6, 6.07) is 3.91. The lowest BCUT2D eigenvalue weighted by Gasteiger charge is -2.33. The highest BCUT2D eigenvalue weighted by Crippen LogP contribution is 2.27. The van der Waals surface area contributed by atoms with Gasteiger partial charge in [-0.05, 0) is 53.7 Å². The molecule has 0 unspecified atom stereocenters. The molecule has 0 saturated carbocycles. The first kappa shape index (κ1) is 13.8. The van der Waals surface area contributed by atoms with Crippen LogP contribution < -0.4 is 5.32 Å². The molecular formula is C13H22BrNO. The highest BCUT2D eigenvalue weighted by molar-refractivity contribution is 9.10. The molecule has 0 aromatic carbocycles. The lowest BCUT2D eigenvalue weighted by Crippen LogP contribution is -2.41. The van der Waals surface area contributed by atoms with Crippen LogP contribution in [-0.2, 0) is 6.54 Å². The van der Waals surface area contributed by atoms with Gasteiger partial charge in [0.15, 0.2) is 4.67 Å². The van der Waals surface area contributed by atoms with Gasteiger partial charge >= 0.3 is 0 Å². The number of halogens is 1. The molecule has 2 nitrogen and oxygen atoms in total. The molecule has 0 bridgehead atoms. The predicted molar refractivity (Wildman–Crippen MR) is 71.4 cm³/mol. The molecule has 1 aromatic heterocycles. The largest absolute Gasteiger partial charge is 0.453 e. The summed E-state index contributed by atoms with van der Waals surface area (Å²) >= 11 is 3.31. The molecule has 1 rings (SSSR count). The monoisotopic (exact) mass is 287 g/mol. The van der Waals surface area contributed by atoms with Gasteiger partial charge < -0.3 is 9.73 Å². The average molecular weight is 288 g/mol. The van der Waals surface area contributed by atoms with Crippen molar-refractivity contribution in [1.82, 2.24) is 5.32 Å². The van der Waals surface area contributed by atoms with Gasteiger partial charge in [-0.1, -0.05) is 20.8 Å². The van der Waals surface area contributed by atoms with Crippen molar-refractivity contribution in [2.45, 2.75) is 53.1 Å². The van der Waals surface area contributed by atoms with Gasteiger partial charge in [-0.25, -0.2) is 0 Å². The fraction of sp³-hybridized carbons (Fsp3) is 0.692. The van der Waals surface area contributed by atoms with Crippen molar-refractivity contribution < 1.29 is 4.42 Å². The van der Waals surface area contributed by atoms with E-state index >= 15 is 0 Å². The van der Waals surface area contributed by atoms with E-state index in [1.807, 2.05) is 12.1 Å². The zero-order chi connectivity index (χ0) is 12.4. The number of rotatable bonds is 4. The molecule has 0 radical (unpaired) electrons. The van der Waals surface area contributed by atoms with Gasteiger partial charge in [-0.15, -0.1) is 0 Å². The van der Waals surface area contributed by atoms with Gasteiger partial charge in [0.25, 0.3) is 0 Å². The SMILES string of the molecule is CC(C)(C)CC(C)(C)NCc1ccc(Br)o1. The molecule has 3 heteroatoms. The fourth-order valence-electron chi connectivity index (χ4n) is 2.16. The van der Waals surface area contributed by atoms with Gasteiger partial charge in [0.1, 0.15) is 5.76 Å².